The van der Waals surface area contributed by atoms with Crippen molar-refractivity contribution >= 4 is 5.91 Å². The Kier molecular flexibility index (Phi) is 4.49. The Labute approximate surface area is 121 Å². The van der Waals surface area contributed by atoms with Crippen molar-refractivity contribution in [2.24, 2.45) is 5.92 Å². The molecule has 2 unspecified atom stereocenters. The maximum absolute atomic E-state index is 13.0. The van der Waals surface area contributed by atoms with Gasteiger partial charge in [-0.3, -0.25) is 4.79 Å². The lowest BCUT2D eigenvalue weighted by Gasteiger charge is -2.26. The highest BCUT2D eigenvalue weighted by atomic mass is 19.4. The van der Waals surface area contributed by atoms with Crippen molar-refractivity contribution in [3.63, 3.8) is 0 Å². The smallest absolute Gasteiger partial charge is 0.340 e. The molecule has 0 saturated heterocycles. The van der Waals surface area contributed by atoms with Crippen LogP contribution in [0.3, 0.4) is 0 Å². The van der Waals surface area contributed by atoms with Crippen LogP contribution in [-0.4, -0.2) is 28.1 Å². The van der Waals surface area contributed by atoms with Gasteiger partial charge in [0.2, 0.25) is 0 Å². The van der Waals surface area contributed by atoms with E-state index in [0.29, 0.717) is 18.2 Å². The summed E-state index contributed by atoms with van der Waals surface area (Å²) in [7, 11) is 0. The molecule has 116 valence electrons. The average Bonchev–Trinajstić information content (AvgIpc) is 3.27. The topological polar surface area (TPSA) is 54.9 Å². The molecule has 4 nitrogen and oxygen atoms in total. The lowest BCUT2D eigenvalue weighted by Crippen LogP contribution is -2.49. The fourth-order valence-electron chi connectivity index (χ4n) is 2.01. The molecule has 1 heterocycles. The average molecular weight is 301 g/mol. The molecule has 1 saturated carbocycles. The molecule has 0 radical (unpaired) electrons. The van der Waals surface area contributed by atoms with E-state index in [0.717, 1.165) is 12.8 Å². The van der Waals surface area contributed by atoms with Gasteiger partial charge in [-0.05, 0) is 18.8 Å². The van der Waals surface area contributed by atoms with Gasteiger partial charge in [-0.2, -0.15) is 13.2 Å². The molecule has 1 fully saturated rings. The number of hydrogen-bond acceptors (Lipinski definition) is 3. The van der Waals surface area contributed by atoms with Crippen LogP contribution in [0, 0.1) is 5.92 Å². The third kappa shape index (κ3) is 3.92. The van der Waals surface area contributed by atoms with E-state index in [1.807, 2.05) is 5.32 Å². The Balaban J connectivity index is 2.07. The molecule has 0 bridgehead atoms. The van der Waals surface area contributed by atoms with Crippen molar-refractivity contribution in [2.45, 2.75) is 51.2 Å². The number of aromatic nitrogens is 2. The van der Waals surface area contributed by atoms with Gasteiger partial charge in [0.05, 0.1) is 5.56 Å². The first-order chi connectivity index (χ1) is 9.82. The summed E-state index contributed by atoms with van der Waals surface area (Å²) < 4.78 is 38.9. The molecule has 1 aliphatic carbocycles. The summed E-state index contributed by atoms with van der Waals surface area (Å²) in [5.74, 6) is -0.494. The molecule has 7 heteroatoms. The zero-order valence-corrected chi connectivity index (χ0v) is 11.9. The van der Waals surface area contributed by atoms with Crippen molar-refractivity contribution in [1.29, 1.82) is 0 Å². The number of nitrogens with zero attached hydrogens (tertiary/aromatic N) is 2. The van der Waals surface area contributed by atoms with E-state index in [1.54, 1.807) is 6.92 Å². The predicted molar refractivity (Wildman–Crippen MR) is 70.8 cm³/mol. The van der Waals surface area contributed by atoms with Crippen LogP contribution in [0.15, 0.2) is 12.4 Å². The maximum atomic E-state index is 13.0. The van der Waals surface area contributed by atoms with Crippen LogP contribution < -0.4 is 5.32 Å². The number of hydrogen-bond donors (Lipinski definition) is 1. The lowest BCUT2D eigenvalue weighted by atomic mass is 9.98. The van der Waals surface area contributed by atoms with E-state index < -0.39 is 24.0 Å². The van der Waals surface area contributed by atoms with Crippen molar-refractivity contribution in [3.05, 3.63) is 23.8 Å². The number of alkyl halides is 3. The minimum Gasteiger partial charge on any atom is -0.340 e. The largest absolute Gasteiger partial charge is 0.408 e. The Hall–Kier alpha value is -1.66. The minimum atomic E-state index is -4.47. The van der Waals surface area contributed by atoms with E-state index in [9.17, 15) is 18.0 Å². The molecule has 1 N–H and O–H groups in total. The number of carbonyl (C=O) groups is 1. The van der Waals surface area contributed by atoms with E-state index in [2.05, 4.69) is 9.97 Å². The van der Waals surface area contributed by atoms with Crippen LogP contribution in [0.2, 0.25) is 0 Å². The summed E-state index contributed by atoms with van der Waals surface area (Å²) >= 11 is 0. The second-order valence-electron chi connectivity index (χ2n) is 5.48. The van der Waals surface area contributed by atoms with E-state index >= 15 is 0 Å². The monoisotopic (exact) mass is 301 g/mol. The third-order valence-corrected chi connectivity index (χ3v) is 3.73. The highest BCUT2D eigenvalue weighted by molar-refractivity contribution is 5.93. The molecule has 1 aliphatic rings. The summed E-state index contributed by atoms with van der Waals surface area (Å²) in [6.45, 7) is 3.12. The number of amides is 1. The molecular formula is C14H18F3N3O. The first-order valence-electron chi connectivity index (χ1n) is 7.02. The summed E-state index contributed by atoms with van der Waals surface area (Å²) in [6.07, 6.45) is 0.479. The molecule has 2 atom stereocenters. The van der Waals surface area contributed by atoms with Gasteiger partial charge in [0.15, 0.2) is 0 Å². The Morgan fingerprint density at radius 2 is 1.95 bits per heavy atom. The first-order valence-corrected chi connectivity index (χ1v) is 7.02. The van der Waals surface area contributed by atoms with Crippen LogP contribution in [-0.2, 0) is 0 Å². The fourth-order valence-corrected chi connectivity index (χ4v) is 2.01. The Morgan fingerprint density at radius 1 is 1.38 bits per heavy atom. The summed E-state index contributed by atoms with van der Waals surface area (Å²) in [6, 6.07) is -1.86. The Morgan fingerprint density at radius 3 is 2.38 bits per heavy atom. The second kappa shape index (κ2) is 5.99. The zero-order chi connectivity index (χ0) is 15.6. The third-order valence-electron chi connectivity index (χ3n) is 3.73. The molecule has 1 amide bonds. The highest BCUT2D eigenvalue weighted by Crippen LogP contribution is 2.37. The molecule has 0 aromatic carbocycles. The van der Waals surface area contributed by atoms with Crippen molar-refractivity contribution in [2.75, 3.05) is 0 Å². The van der Waals surface area contributed by atoms with Crippen molar-refractivity contribution in [3.8, 4) is 0 Å². The van der Waals surface area contributed by atoms with E-state index in [1.165, 1.54) is 19.3 Å². The number of rotatable bonds is 5. The van der Waals surface area contributed by atoms with Gasteiger partial charge < -0.3 is 5.32 Å². The van der Waals surface area contributed by atoms with Gasteiger partial charge in [0.1, 0.15) is 11.9 Å². The maximum Gasteiger partial charge on any atom is 0.408 e. The molecule has 0 aliphatic heterocycles. The minimum absolute atomic E-state index is 0.0527. The summed E-state index contributed by atoms with van der Waals surface area (Å²) in [4.78, 5) is 20.0. The number of halogens is 3. The first kappa shape index (κ1) is 15.7. The van der Waals surface area contributed by atoms with Gasteiger partial charge in [-0.1, -0.05) is 20.3 Å². The molecule has 1 aromatic heterocycles. The summed E-state index contributed by atoms with van der Waals surface area (Å²) in [5, 5.41) is 2.04. The molecule has 21 heavy (non-hydrogen) atoms. The highest BCUT2D eigenvalue weighted by Gasteiger charge is 2.43. The van der Waals surface area contributed by atoms with Gasteiger partial charge in [-0.25, -0.2) is 9.97 Å². The van der Waals surface area contributed by atoms with E-state index in [-0.39, 0.29) is 5.56 Å². The fraction of sp³-hybridized carbons (Fsp3) is 0.643. The second-order valence-corrected chi connectivity index (χ2v) is 5.48. The van der Waals surface area contributed by atoms with Crippen LogP contribution in [0.5, 0.6) is 0 Å². The molecule has 2 rings (SSSR count). The lowest BCUT2D eigenvalue weighted by molar-refractivity contribution is -0.164. The SMILES string of the molecule is CCC(C)C(NC(=O)c1cnc(C2CC2)nc1)C(F)(F)F. The molecular weight excluding hydrogens is 283 g/mol. The standard InChI is InChI=1S/C14H18F3N3O/c1-3-8(2)11(14(15,16)17)20-13(21)10-6-18-12(19-7-10)9-4-5-9/h6-9,11H,3-5H2,1-2H3,(H,20,21). The van der Waals surface area contributed by atoms with Gasteiger partial charge >= 0.3 is 6.18 Å². The van der Waals surface area contributed by atoms with Crippen LogP contribution >= 0.6 is 0 Å². The zero-order valence-electron chi connectivity index (χ0n) is 11.9. The quantitative estimate of drug-likeness (QED) is 0.909. The normalized spacial score (nSPS) is 18.1. The van der Waals surface area contributed by atoms with E-state index in [4.69, 9.17) is 0 Å². The van der Waals surface area contributed by atoms with Crippen LogP contribution in [0.25, 0.3) is 0 Å². The predicted octanol–water partition coefficient (Wildman–Crippen LogP) is 3.06. The summed E-state index contributed by atoms with van der Waals surface area (Å²) in [5.41, 5.74) is 0.0527. The van der Waals surface area contributed by atoms with Gasteiger partial charge in [-0.15, -0.1) is 0 Å². The molecule has 1 aromatic rings. The number of carbonyl (C=O) groups excluding carboxylic acids is 1. The number of nitrogens with one attached hydrogen (secondary N) is 1. The van der Waals surface area contributed by atoms with Crippen LogP contribution in [0.1, 0.15) is 55.2 Å². The van der Waals surface area contributed by atoms with Crippen LogP contribution in [0.4, 0.5) is 13.2 Å². The van der Waals surface area contributed by atoms with Crippen molar-refractivity contribution in [1.82, 2.24) is 15.3 Å². The van der Waals surface area contributed by atoms with Gasteiger partial charge in [0, 0.05) is 18.3 Å². The Bertz CT molecular complexity index is 497. The van der Waals surface area contributed by atoms with Crippen molar-refractivity contribution < 1.29 is 18.0 Å². The van der Waals surface area contributed by atoms with Gasteiger partial charge in [0.25, 0.3) is 5.91 Å². The molecule has 0 spiro atoms.